The first kappa shape index (κ1) is 14.4. The van der Waals surface area contributed by atoms with E-state index in [0.29, 0.717) is 17.2 Å². The number of nitrogens with zero attached hydrogens (tertiary/aromatic N) is 1. The fraction of sp³-hybridized carbons (Fsp3) is 0.611. The van der Waals surface area contributed by atoms with Crippen LogP contribution >= 0.6 is 0 Å². The summed E-state index contributed by atoms with van der Waals surface area (Å²) in [6, 6.07) is 8.33. The Balaban J connectivity index is 1.65. The third-order valence-corrected chi connectivity index (χ3v) is 5.10. The summed E-state index contributed by atoms with van der Waals surface area (Å²) in [5, 5.41) is 3.41. The molecule has 0 aliphatic carbocycles. The van der Waals surface area contributed by atoms with Crippen molar-refractivity contribution in [2.75, 3.05) is 25.0 Å². The van der Waals surface area contributed by atoms with Crippen LogP contribution in [-0.2, 0) is 11.2 Å². The Kier molecular flexibility index (Phi) is 3.68. The molecular formula is C18H26N2O. The minimum absolute atomic E-state index is 0.0959. The largest absolute Gasteiger partial charge is 0.384 e. The van der Waals surface area contributed by atoms with Crippen LogP contribution in [0.2, 0.25) is 0 Å². The molecule has 1 saturated heterocycles. The number of carbonyl (C=O) groups is 1. The van der Waals surface area contributed by atoms with Crippen LogP contribution in [0.25, 0.3) is 0 Å². The topological polar surface area (TPSA) is 32.3 Å². The zero-order valence-electron chi connectivity index (χ0n) is 13.4. The summed E-state index contributed by atoms with van der Waals surface area (Å²) in [4.78, 5) is 14.9. The Labute approximate surface area is 127 Å². The normalized spacial score (nSPS) is 25.4. The molecule has 2 unspecified atom stereocenters. The van der Waals surface area contributed by atoms with Gasteiger partial charge >= 0.3 is 0 Å². The van der Waals surface area contributed by atoms with Gasteiger partial charge in [-0.15, -0.1) is 0 Å². The van der Waals surface area contributed by atoms with Crippen molar-refractivity contribution in [3.8, 4) is 0 Å². The number of nitrogens with one attached hydrogen (secondary N) is 1. The number of hydrogen-bond acceptors (Lipinski definition) is 2. The molecule has 2 aliphatic rings. The van der Waals surface area contributed by atoms with E-state index in [1.807, 2.05) is 6.07 Å². The fourth-order valence-electron chi connectivity index (χ4n) is 3.54. The monoisotopic (exact) mass is 286 g/mol. The molecule has 2 aliphatic heterocycles. The van der Waals surface area contributed by atoms with Crippen LogP contribution in [0.15, 0.2) is 24.3 Å². The van der Waals surface area contributed by atoms with Crippen LogP contribution in [0, 0.1) is 17.3 Å². The van der Waals surface area contributed by atoms with E-state index >= 15 is 0 Å². The van der Waals surface area contributed by atoms with Crippen LogP contribution < -0.4 is 5.32 Å². The van der Waals surface area contributed by atoms with E-state index in [1.165, 1.54) is 11.3 Å². The fourth-order valence-corrected chi connectivity index (χ4v) is 3.54. The molecule has 114 valence electrons. The second-order valence-electron chi connectivity index (χ2n) is 7.57. The highest BCUT2D eigenvalue weighted by molar-refractivity contribution is 5.81. The highest BCUT2D eigenvalue weighted by Gasteiger charge is 2.36. The minimum atomic E-state index is 0.0959. The number of benzene rings is 1. The number of amides is 1. The van der Waals surface area contributed by atoms with Crippen molar-refractivity contribution >= 4 is 11.6 Å². The zero-order chi connectivity index (χ0) is 15.0. The van der Waals surface area contributed by atoms with Crippen molar-refractivity contribution < 1.29 is 4.79 Å². The molecule has 1 aromatic carbocycles. The zero-order valence-corrected chi connectivity index (χ0v) is 13.4. The van der Waals surface area contributed by atoms with Gasteiger partial charge < -0.3 is 10.2 Å². The molecule has 21 heavy (non-hydrogen) atoms. The van der Waals surface area contributed by atoms with Gasteiger partial charge in [-0.05, 0) is 35.8 Å². The van der Waals surface area contributed by atoms with Gasteiger partial charge in [-0.2, -0.15) is 0 Å². The molecule has 0 saturated carbocycles. The van der Waals surface area contributed by atoms with Gasteiger partial charge in [0.2, 0.25) is 5.91 Å². The molecule has 1 N–H and O–H groups in total. The van der Waals surface area contributed by atoms with Crippen LogP contribution in [0.4, 0.5) is 5.69 Å². The predicted octanol–water partition coefficient (Wildman–Crippen LogP) is 3.17. The molecule has 1 fully saturated rings. The Morgan fingerprint density at radius 3 is 2.76 bits per heavy atom. The molecule has 0 radical (unpaired) electrons. The van der Waals surface area contributed by atoms with Crippen LogP contribution in [0.5, 0.6) is 0 Å². The van der Waals surface area contributed by atoms with E-state index in [1.54, 1.807) is 0 Å². The molecule has 0 bridgehead atoms. The van der Waals surface area contributed by atoms with Gasteiger partial charge in [-0.3, -0.25) is 4.79 Å². The summed E-state index contributed by atoms with van der Waals surface area (Å²) in [6.07, 6.45) is 2.02. The maximum absolute atomic E-state index is 12.8. The molecule has 1 aromatic rings. The molecule has 2 atom stereocenters. The summed E-state index contributed by atoms with van der Waals surface area (Å²) in [5.41, 5.74) is 2.76. The molecule has 3 nitrogen and oxygen atoms in total. The van der Waals surface area contributed by atoms with E-state index < -0.39 is 0 Å². The Hall–Kier alpha value is -1.51. The third kappa shape index (κ3) is 2.92. The van der Waals surface area contributed by atoms with Crippen molar-refractivity contribution in [2.24, 2.45) is 17.3 Å². The maximum atomic E-state index is 12.8. The average molecular weight is 286 g/mol. The molecular weight excluding hydrogens is 260 g/mol. The third-order valence-electron chi connectivity index (χ3n) is 5.10. The maximum Gasteiger partial charge on any atom is 0.227 e. The Bertz CT molecular complexity index is 532. The van der Waals surface area contributed by atoms with Gasteiger partial charge in [0.05, 0.1) is 5.92 Å². The van der Waals surface area contributed by atoms with E-state index in [2.05, 4.69) is 49.2 Å². The number of hydrogen-bond donors (Lipinski definition) is 1. The smallest absolute Gasteiger partial charge is 0.227 e. The predicted molar refractivity (Wildman–Crippen MR) is 86.3 cm³/mol. The Morgan fingerprint density at radius 1 is 1.29 bits per heavy atom. The first-order valence-corrected chi connectivity index (χ1v) is 8.05. The average Bonchev–Trinajstić information content (AvgIpc) is 2.96. The van der Waals surface area contributed by atoms with Gasteiger partial charge in [0, 0.05) is 25.3 Å². The second kappa shape index (κ2) is 5.36. The van der Waals surface area contributed by atoms with Crippen LogP contribution in [0.1, 0.15) is 32.8 Å². The number of carbonyl (C=O) groups excluding carboxylic acids is 1. The van der Waals surface area contributed by atoms with Crippen molar-refractivity contribution in [3.05, 3.63) is 29.8 Å². The van der Waals surface area contributed by atoms with Crippen LogP contribution in [0.3, 0.4) is 0 Å². The van der Waals surface area contributed by atoms with Crippen LogP contribution in [-0.4, -0.2) is 30.4 Å². The van der Waals surface area contributed by atoms with E-state index in [-0.39, 0.29) is 5.92 Å². The number of para-hydroxylation sites is 1. The van der Waals surface area contributed by atoms with E-state index in [9.17, 15) is 4.79 Å². The lowest BCUT2D eigenvalue weighted by Gasteiger charge is -2.30. The summed E-state index contributed by atoms with van der Waals surface area (Å²) in [5.74, 6) is 1.06. The lowest BCUT2D eigenvalue weighted by Crippen LogP contribution is -2.40. The second-order valence-corrected chi connectivity index (χ2v) is 7.57. The molecule has 3 rings (SSSR count). The summed E-state index contributed by atoms with van der Waals surface area (Å²) in [6.45, 7) is 9.48. The van der Waals surface area contributed by atoms with Crippen molar-refractivity contribution in [3.63, 3.8) is 0 Å². The van der Waals surface area contributed by atoms with Gasteiger partial charge in [0.1, 0.15) is 0 Å². The van der Waals surface area contributed by atoms with E-state index in [4.69, 9.17) is 0 Å². The van der Waals surface area contributed by atoms with Gasteiger partial charge in [-0.1, -0.05) is 39.0 Å². The van der Waals surface area contributed by atoms with Crippen molar-refractivity contribution in [1.82, 2.24) is 4.90 Å². The quantitative estimate of drug-likeness (QED) is 0.860. The van der Waals surface area contributed by atoms with Gasteiger partial charge in [0.15, 0.2) is 0 Å². The first-order chi connectivity index (χ1) is 9.95. The standard InChI is InChI=1S/C18H26N2O/c1-18(2,3)15-8-9-20(12-15)17(21)14-10-13-6-4-5-7-16(13)19-11-14/h4-7,14-15,19H,8-12H2,1-3H3. The van der Waals surface area contributed by atoms with Crippen molar-refractivity contribution in [2.45, 2.75) is 33.6 Å². The molecule has 0 spiro atoms. The Morgan fingerprint density at radius 2 is 2.05 bits per heavy atom. The molecule has 2 heterocycles. The lowest BCUT2D eigenvalue weighted by molar-refractivity contribution is -0.134. The van der Waals surface area contributed by atoms with E-state index in [0.717, 1.165) is 32.5 Å². The summed E-state index contributed by atoms with van der Waals surface area (Å²) in [7, 11) is 0. The summed E-state index contributed by atoms with van der Waals surface area (Å²) >= 11 is 0. The van der Waals surface area contributed by atoms with Gasteiger partial charge in [0.25, 0.3) is 0 Å². The van der Waals surface area contributed by atoms with Gasteiger partial charge in [-0.25, -0.2) is 0 Å². The highest BCUT2D eigenvalue weighted by Crippen LogP contribution is 2.35. The number of anilines is 1. The highest BCUT2D eigenvalue weighted by atomic mass is 16.2. The first-order valence-electron chi connectivity index (χ1n) is 8.05. The molecule has 3 heteroatoms. The molecule has 0 aromatic heterocycles. The number of likely N-dealkylation sites (tertiary alicyclic amines) is 1. The number of fused-ring (bicyclic) bond motifs is 1. The lowest BCUT2D eigenvalue weighted by atomic mass is 9.80. The minimum Gasteiger partial charge on any atom is -0.384 e. The summed E-state index contributed by atoms with van der Waals surface area (Å²) < 4.78 is 0. The van der Waals surface area contributed by atoms with Crippen molar-refractivity contribution in [1.29, 1.82) is 0 Å². The number of rotatable bonds is 1. The SMILES string of the molecule is CC(C)(C)C1CCN(C(=O)C2CNc3ccccc3C2)C1. The molecule has 1 amide bonds.